The normalized spacial score (nSPS) is 11.2. The number of alkyl halides is 1. The largest absolute Gasteiger partial charge is 0.497 e. The number of imidazole rings is 1. The second-order valence-electron chi connectivity index (χ2n) is 4.99. The van der Waals surface area contributed by atoms with E-state index in [0.717, 1.165) is 35.6 Å². The zero-order valence-corrected chi connectivity index (χ0v) is 13.7. The molecule has 0 N–H and O–H groups in total. The zero-order valence-electron chi connectivity index (χ0n) is 12.1. The first kappa shape index (κ1) is 14.4. The monoisotopic (exact) mass is 320 g/mol. The van der Waals surface area contributed by atoms with Crippen LogP contribution >= 0.6 is 22.9 Å². The molecule has 110 valence electrons. The van der Waals surface area contributed by atoms with Crippen molar-refractivity contribution in [2.45, 2.75) is 19.9 Å². The average Bonchev–Trinajstić information content (AvgIpc) is 3.04. The maximum absolute atomic E-state index is 5.93. The van der Waals surface area contributed by atoms with Crippen LogP contribution < -0.4 is 4.74 Å². The van der Waals surface area contributed by atoms with Gasteiger partial charge in [-0.1, -0.05) is 0 Å². The van der Waals surface area contributed by atoms with Crippen LogP contribution in [0.25, 0.3) is 11.0 Å². The van der Waals surface area contributed by atoms with Crippen molar-refractivity contribution in [2.24, 2.45) is 0 Å². The van der Waals surface area contributed by atoms with Gasteiger partial charge in [0.25, 0.3) is 0 Å². The van der Waals surface area contributed by atoms with Gasteiger partial charge in [-0.15, -0.1) is 11.6 Å². The van der Waals surface area contributed by atoms with E-state index in [1.807, 2.05) is 18.2 Å². The Labute approximate surface area is 133 Å². The van der Waals surface area contributed by atoms with Crippen molar-refractivity contribution in [1.82, 2.24) is 9.55 Å². The van der Waals surface area contributed by atoms with Crippen LogP contribution in [0.2, 0.25) is 0 Å². The Kier molecular flexibility index (Phi) is 4.17. The van der Waals surface area contributed by atoms with Crippen LogP contribution in [0, 0.1) is 6.92 Å². The van der Waals surface area contributed by atoms with Crippen LogP contribution in [-0.4, -0.2) is 22.5 Å². The van der Waals surface area contributed by atoms with Gasteiger partial charge in [0.05, 0.1) is 24.7 Å². The SMILES string of the molecule is COc1ccc2nc(CCCl)n(Cc3cscc3C)c2c1. The molecule has 5 heteroatoms. The molecule has 0 fully saturated rings. The number of hydrogen-bond donors (Lipinski definition) is 0. The molecule has 3 rings (SSSR count). The van der Waals surface area contributed by atoms with Crippen molar-refractivity contribution in [2.75, 3.05) is 13.0 Å². The molecule has 0 unspecified atom stereocenters. The fourth-order valence-corrected chi connectivity index (χ4v) is 3.47. The lowest BCUT2D eigenvalue weighted by molar-refractivity contribution is 0.415. The number of hydrogen-bond acceptors (Lipinski definition) is 3. The summed E-state index contributed by atoms with van der Waals surface area (Å²) in [7, 11) is 1.69. The number of benzene rings is 1. The predicted octanol–water partition coefficient (Wildman–Crippen LogP) is 4.24. The van der Waals surface area contributed by atoms with E-state index in [0.29, 0.717) is 5.88 Å². The van der Waals surface area contributed by atoms with E-state index in [2.05, 4.69) is 22.3 Å². The van der Waals surface area contributed by atoms with Gasteiger partial charge in [-0.3, -0.25) is 0 Å². The summed E-state index contributed by atoms with van der Waals surface area (Å²) in [6.45, 7) is 2.97. The summed E-state index contributed by atoms with van der Waals surface area (Å²) in [5, 5.41) is 4.38. The predicted molar refractivity (Wildman–Crippen MR) is 88.9 cm³/mol. The van der Waals surface area contributed by atoms with Gasteiger partial charge in [-0.05, 0) is 40.9 Å². The molecule has 1 aromatic carbocycles. The summed E-state index contributed by atoms with van der Waals surface area (Å²) >= 11 is 7.67. The Bertz CT molecular complexity index is 763. The lowest BCUT2D eigenvalue weighted by atomic mass is 10.2. The molecular formula is C16H17ClN2OS. The molecule has 21 heavy (non-hydrogen) atoms. The number of methoxy groups -OCH3 is 1. The lowest BCUT2D eigenvalue weighted by Crippen LogP contribution is -2.06. The molecule has 0 saturated heterocycles. The summed E-state index contributed by atoms with van der Waals surface area (Å²) in [6, 6.07) is 5.99. The Morgan fingerprint density at radius 2 is 2.19 bits per heavy atom. The number of aromatic nitrogens is 2. The third-order valence-corrected chi connectivity index (χ3v) is 4.74. The van der Waals surface area contributed by atoms with Crippen LogP contribution in [0.1, 0.15) is 17.0 Å². The molecule has 0 radical (unpaired) electrons. The topological polar surface area (TPSA) is 27.1 Å². The number of ether oxygens (including phenoxy) is 1. The molecular weight excluding hydrogens is 304 g/mol. The van der Waals surface area contributed by atoms with Crippen LogP contribution in [-0.2, 0) is 13.0 Å². The molecule has 0 spiro atoms. The number of rotatable bonds is 5. The number of thiophene rings is 1. The summed E-state index contributed by atoms with van der Waals surface area (Å²) in [6.07, 6.45) is 0.766. The first-order chi connectivity index (χ1) is 10.2. The van der Waals surface area contributed by atoms with Crippen LogP contribution in [0.4, 0.5) is 0 Å². The van der Waals surface area contributed by atoms with E-state index in [1.165, 1.54) is 11.1 Å². The van der Waals surface area contributed by atoms with E-state index < -0.39 is 0 Å². The van der Waals surface area contributed by atoms with E-state index in [4.69, 9.17) is 21.3 Å². The second kappa shape index (κ2) is 6.08. The van der Waals surface area contributed by atoms with Crippen molar-refractivity contribution in [1.29, 1.82) is 0 Å². The molecule has 2 aromatic heterocycles. The first-order valence-corrected chi connectivity index (χ1v) is 8.31. The van der Waals surface area contributed by atoms with Crippen molar-refractivity contribution in [3.63, 3.8) is 0 Å². The van der Waals surface area contributed by atoms with Gasteiger partial charge in [-0.25, -0.2) is 4.98 Å². The zero-order chi connectivity index (χ0) is 14.8. The van der Waals surface area contributed by atoms with Gasteiger partial charge in [0.1, 0.15) is 11.6 Å². The molecule has 3 nitrogen and oxygen atoms in total. The van der Waals surface area contributed by atoms with E-state index in [-0.39, 0.29) is 0 Å². The van der Waals surface area contributed by atoms with Gasteiger partial charge in [0.15, 0.2) is 0 Å². The van der Waals surface area contributed by atoms with E-state index in [9.17, 15) is 0 Å². The minimum Gasteiger partial charge on any atom is -0.497 e. The maximum Gasteiger partial charge on any atom is 0.121 e. The van der Waals surface area contributed by atoms with E-state index >= 15 is 0 Å². The smallest absolute Gasteiger partial charge is 0.121 e. The summed E-state index contributed by atoms with van der Waals surface area (Å²) < 4.78 is 7.59. The third kappa shape index (κ3) is 2.78. The minimum atomic E-state index is 0.572. The quantitative estimate of drug-likeness (QED) is 0.657. The average molecular weight is 321 g/mol. The van der Waals surface area contributed by atoms with Crippen molar-refractivity contribution < 1.29 is 4.74 Å². The van der Waals surface area contributed by atoms with Crippen LogP contribution in [0.5, 0.6) is 5.75 Å². The highest BCUT2D eigenvalue weighted by molar-refractivity contribution is 7.08. The number of halogens is 1. The van der Waals surface area contributed by atoms with Crippen molar-refractivity contribution in [3.8, 4) is 5.75 Å². The Morgan fingerprint density at radius 3 is 2.86 bits per heavy atom. The van der Waals surface area contributed by atoms with Crippen molar-refractivity contribution in [3.05, 3.63) is 45.9 Å². The first-order valence-electron chi connectivity index (χ1n) is 6.83. The molecule has 3 aromatic rings. The second-order valence-corrected chi connectivity index (χ2v) is 6.11. The number of fused-ring (bicyclic) bond motifs is 1. The standard InChI is InChI=1S/C16H17ClN2OS/c1-11-9-21-10-12(11)8-19-15-7-13(20-2)3-4-14(15)18-16(19)5-6-17/h3-4,7,9-10H,5-6,8H2,1-2H3. The fourth-order valence-electron chi connectivity index (χ4n) is 2.45. The molecule has 0 aliphatic heterocycles. The van der Waals surface area contributed by atoms with Gasteiger partial charge < -0.3 is 9.30 Å². The molecule has 0 bridgehead atoms. The third-order valence-electron chi connectivity index (χ3n) is 3.64. The molecule has 0 saturated carbocycles. The van der Waals surface area contributed by atoms with Crippen molar-refractivity contribution >= 4 is 34.0 Å². The molecule has 0 aliphatic carbocycles. The van der Waals surface area contributed by atoms with Gasteiger partial charge >= 0.3 is 0 Å². The summed E-state index contributed by atoms with van der Waals surface area (Å²) in [5.41, 5.74) is 4.74. The lowest BCUT2D eigenvalue weighted by Gasteiger charge is -2.09. The summed E-state index contributed by atoms with van der Waals surface area (Å²) in [4.78, 5) is 4.71. The highest BCUT2D eigenvalue weighted by atomic mass is 35.5. The van der Waals surface area contributed by atoms with Crippen LogP contribution in [0.3, 0.4) is 0 Å². The van der Waals surface area contributed by atoms with Gasteiger partial charge in [0.2, 0.25) is 0 Å². The Morgan fingerprint density at radius 1 is 1.33 bits per heavy atom. The maximum atomic E-state index is 5.93. The highest BCUT2D eigenvalue weighted by Gasteiger charge is 2.13. The van der Waals surface area contributed by atoms with Gasteiger partial charge in [-0.2, -0.15) is 11.3 Å². The molecule has 2 heterocycles. The summed E-state index contributed by atoms with van der Waals surface area (Å²) in [5.74, 6) is 2.45. The molecule has 0 amide bonds. The number of aryl methyl sites for hydroxylation is 2. The minimum absolute atomic E-state index is 0.572. The Hall–Kier alpha value is -1.52. The number of nitrogens with zero attached hydrogens (tertiary/aromatic N) is 2. The Balaban J connectivity index is 2.12. The molecule has 0 aliphatic rings. The fraction of sp³-hybridized carbons (Fsp3) is 0.312. The van der Waals surface area contributed by atoms with E-state index in [1.54, 1.807) is 18.4 Å². The molecule has 0 atom stereocenters. The highest BCUT2D eigenvalue weighted by Crippen LogP contribution is 2.25. The van der Waals surface area contributed by atoms with Gasteiger partial charge in [0, 0.05) is 18.4 Å². The van der Waals surface area contributed by atoms with Crippen LogP contribution in [0.15, 0.2) is 29.0 Å².